The second-order valence-electron chi connectivity index (χ2n) is 6.48. The number of nitrogens with zero attached hydrogens (tertiary/aromatic N) is 1. The van der Waals surface area contributed by atoms with Crippen molar-refractivity contribution in [2.45, 2.75) is 63.3 Å². The van der Waals surface area contributed by atoms with Gasteiger partial charge in [-0.05, 0) is 44.9 Å². The van der Waals surface area contributed by atoms with Gasteiger partial charge in [0.25, 0.3) is 0 Å². The van der Waals surface area contributed by atoms with Gasteiger partial charge in [-0.2, -0.15) is 0 Å². The molecule has 0 N–H and O–H groups in total. The molecule has 0 unspecified atom stereocenters. The molecule has 0 amide bonds. The largest absolute Gasteiger partial charge is 0.377 e. The third kappa shape index (κ3) is 4.42. The van der Waals surface area contributed by atoms with E-state index >= 15 is 0 Å². The van der Waals surface area contributed by atoms with E-state index in [-0.39, 0.29) is 0 Å². The van der Waals surface area contributed by atoms with Crippen LogP contribution in [0.3, 0.4) is 0 Å². The molecule has 4 nitrogen and oxygen atoms in total. The Labute approximate surface area is 122 Å². The zero-order valence-corrected chi connectivity index (χ0v) is 12.6. The van der Waals surface area contributed by atoms with Crippen LogP contribution in [0.25, 0.3) is 0 Å². The number of hydrogen-bond acceptors (Lipinski definition) is 4. The van der Waals surface area contributed by atoms with Crippen molar-refractivity contribution in [3.8, 4) is 0 Å². The summed E-state index contributed by atoms with van der Waals surface area (Å²) in [4.78, 5) is 2.54. The highest BCUT2D eigenvalue weighted by molar-refractivity contribution is 4.78. The fourth-order valence-corrected chi connectivity index (χ4v) is 3.62. The highest BCUT2D eigenvalue weighted by atomic mass is 16.5. The van der Waals surface area contributed by atoms with Gasteiger partial charge >= 0.3 is 0 Å². The maximum Gasteiger partial charge on any atom is 0.0702 e. The van der Waals surface area contributed by atoms with E-state index in [1.54, 1.807) is 0 Å². The third-order valence-corrected chi connectivity index (χ3v) is 4.71. The van der Waals surface area contributed by atoms with Gasteiger partial charge in [0.15, 0.2) is 0 Å². The van der Waals surface area contributed by atoms with Crippen molar-refractivity contribution in [1.29, 1.82) is 0 Å². The molecule has 0 aromatic rings. The second-order valence-corrected chi connectivity index (χ2v) is 6.48. The van der Waals surface area contributed by atoms with Gasteiger partial charge in [-0.1, -0.05) is 0 Å². The molecule has 0 aromatic heterocycles. The summed E-state index contributed by atoms with van der Waals surface area (Å²) in [5.74, 6) is 0. The van der Waals surface area contributed by atoms with Gasteiger partial charge in [-0.3, -0.25) is 4.90 Å². The first-order chi connectivity index (χ1) is 9.90. The molecule has 0 saturated carbocycles. The van der Waals surface area contributed by atoms with Gasteiger partial charge in [0, 0.05) is 39.5 Å². The van der Waals surface area contributed by atoms with E-state index in [1.807, 2.05) is 0 Å². The summed E-state index contributed by atoms with van der Waals surface area (Å²) < 4.78 is 17.5. The predicted molar refractivity (Wildman–Crippen MR) is 78.0 cm³/mol. The maximum absolute atomic E-state index is 5.91. The monoisotopic (exact) mass is 283 g/mol. The average Bonchev–Trinajstić information content (AvgIpc) is 3.13. The van der Waals surface area contributed by atoms with Gasteiger partial charge in [0.1, 0.15) is 0 Å². The lowest BCUT2D eigenvalue weighted by atomic mass is 10.1. The van der Waals surface area contributed by atoms with Crippen LogP contribution in [0.15, 0.2) is 0 Å². The molecule has 0 bridgehead atoms. The molecule has 4 heteroatoms. The minimum absolute atomic E-state index is 0.423. The zero-order valence-electron chi connectivity index (χ0n) is 12.6. The average molecular weight is 283 g/mol. The molecule has 3 aliphatic rings. The Bertz CT molecular complexity index is 251. The minimum Gasteiger partial charge on any atom is -0.377 e. The van der Waals surface area contributed by atoms with Gasteiger partial charge in [0.05, 0.1) is 18.3 Å². The molecule has 0 aromatic carbocycles. The van der Waals surface area contributed by atoms with Gasteiger partial charge < -0.3 is 14.2 Å². The Hall–Kier alpha value is -0.160. The summed E-state index contributed by atoms with van der Waals surface area (Å²) >= 11 is 0. The van der Waals surface area contributed by atoms with Crippen molar-refractivity contribution in [3.63, 3.8) is 0 Å². The van der Waals surface area contributed by atoms with Gasteiger partial charge in [-0.15, -0.1) is 0 Å². The van der Waals surface area contributed by atoms with Crippen LogP contribution in [0.1, 0.15) is 44.9 Å². The van der Waals surface area contributed by atoms with Crippen LogP contribution in [-0.2, 0) is 14.2 Å². The van der Waals surface area contributed by atoms with Crippen molar-refractivity contribution in [2.75, 3.05) is 39.5 Å². The summed E-state index contributed by atoms with van der Waals surface area (Å²) in [6, 6.07) is 0. The van der Waals surface area contributed by atoms with E-state index in [0.29, 0.717) is 18.3 Å². The Morgan fingerprint density at radius 3 is 1.45 bits per heavy atom. The van der Waals surface area contributed by atoms with E-state index in [9.17, 15) is 0 Å². The minimum atomic E-state index is 0.423. The Morgan fingerprint density at radius 1 is 0.600 bits per heavy atom. The lowest BCUT2D eigenvalue weighted by Crippen LogP contribution is -2.43. The summed E-state index contributed by atoms with van der Waals surface area (Å²) in [7, 11) is 0. The summed E-state index contributed by atoms with van der Waals surface area (Å²) in [6.45, 7) is 5.99. The second kappa shape index (κ2) is 7.74. The SMILES string of the molecule is C1CC[C@@H](CN(C[C@@H]2CCCO2)C[C@@H]2CCCO2)OC1. The Balaban J connectivity index is 1.50. The van der Waals surface area contributed by atoms with Crippen LogP contribution in [-0.4, -0.2) is 62.7 Å². The van der Waals surface area contributed by atoms with E-state index in [1.165, 1.54) is 44.9 Å². The first-order valence-corrected chi connectivity index (χ1v) is 8.47. The smallest absolute Gasteiger partial charge is 0.0702 e. The van der Waals surface area contributed by atoms with E-state index in [0.717, 1.165) is 39.5 Å². The molecule has 3 aliphatic heterocycles. The van der Waals surface area contributed by atoms with Crippen molar-refractivity contribution >= 4 is 0 Å². The topological polar surface area (TPSA) is 30.9 Å². The molecule has 0 radical (unpaired) electrons. The lowest BCUT2D eigenvalue weighted by Gasteiger charge is -2.32. The van der Waals surface area contributed by atoms with E-state index in [4.69, 9.17) is 14.2 Å². The molecule has 20 heavy (non-hydrogen) atoms. The van der Waals surface area contributed by atoms with Crippen LogP contribution in [0.2, 0.25) is 0 Å². The highest BCUT2D eigenvalue weighted by Gasteiger charge is 2.26. The van der Waals surface area contributed by atoms with Crippen LogP contribution in [0, 0.1) is 0 Å². The van der Waals surface area contributed by atoms with Gasteiger partial charge in [0.2, 0.25) is 0 Å². The number of rotatable bonds is 6. The first kappa shape index (κ1) is 14.8. The molecule has 0 spiro atoms. The highest BCUT2D eigenvalue weighted by Crippen LogP contribution is 2.20. The first-order valence-electron chi connectivity index (χ1n) is 8.47. The molecular formula is C16H29NO3. The lowest BCUT2D eigenvalue weighted by molar-refractivity contribution is -0.0271. The van der Waals surface area contributed by atoms with Crippen LogP contribution >= 0.6 is 0 Å². The predicted octanol–water partition coefficient (Wildman–Crippen LogP) is 2.22. The molecular weight excluding hydrogens is 254 g/mol. The van der Waals surface area contributed by atoms with Gasteiger partial charge in [-0.25, -0.2) is 0 Å². The molecule has 3 saturated heterocycles. The van der Waals surface area contributed by atoms with Crippen molar-refractivity contribution < 1.29 is 14.2 Å². The quantitative estimate of drug-likeness (QED) is 0.748. The number of ether oxygens (including phenoxy) is 3. The molecule has 116 valence electrons. The molecule has 0 aliphatic carbocycles. The summed E-state index contributed by atoms with van der Waals surface area (Å²) in [5, 5.41) is 0. The summed E-state index contributed by atoms with van der Waals surface area (Å²) in [5.41, 5.74) is 0. The summed E-state index contributed by atoms with van der Waals surface area (Å²) in [6.07, 6.45) is 9.92. The fraction of sp³-hybridized carbons (Fsp3) is 1.00. The normalized spacial score (nSPS) is 35.0. The maximum atomic E-state index is 5.91. The van der Waals surface area contributed by atoms with Crippen LogP contribution in [0.4, 0.5) is 0 Å². The Morgan fingerprint density at radius 2 is 1.05 bits per heavy atom. The number of hydrogen-bond donors (Lipinski definition) is 0. The fourth-order valence-electron chi connectivity index (χ4n) is 3.62. The van der Waals surface area contributed by atoms with Crippen molar-refractivity contribution in [1.82, 2.24) is 4.90 Å². The van der Waals surface area contributed by atoms with E-state index < -0.39 is 0 Å². The zero-order chi connectivity index (χ0) is 13.6. The molecule has 3 rings (SSSR count). The standard InChI is InChI=1S/C16H29NO3/c1-2-8-18-14(5-1)11-17(12-15-6-3-9-19-15)13-16-7-4-10-20-16/h14-16H,1-13H2/t14-,15-,16-/m0/s1. The molecule has 3 fully saturated rings. The molecule has 3 atom stereocenters. The van der Waals surface area contributed by atoms with Crippen LogP contribution in [0.5, 0.6) is 0 Å². The molecule has 3 heterocycles. The van der Waals surface area contributed by atoms with E-state index in [2.05, 4.69) is 4.90 Å². The third-order valence-electron chi connectivity index (χ3n) is 4.71. The van der Waals surface area contributed by atoms with Crippen LogP contribution < -0.4 is 0 Å². The van der Waals surface area contributed by atoms with Crippen molar-refractivity contribution in [3.05, 3.63) is 0 Å². The van der Waals surface area contributed by atoms with Crippen molar-refractivity contribution in [2.24, 2.45) is 0 Å². The Kier molecular flexibility index (Phi) is 5.71.